The monoisotopic (exact) mass is 458 g/mol. The molecule has 172 valence electrons. The van der Waals surface area contributed by atoms with E-state index in [1.807, 2.05) is 45.0 Å². The lowest BCUT2D eigenvalue weighted by Crippen LogP contribution is -2.41. The van der Waals surface area contributed by atoms with Gasteiger partial charge in [0.1, 0.15) is 0 Å². The maximum atomic E-state index is 12.9. The lowest BCUT2D eigenvalue weighted by Gasteiger charge is -2.30. The number of anilines is 1. The van der Waals surface area contributed by atoms with Crippen LogP contribution in [-0.2, 0) is 30.8 Å². The van der Waals surface area contributed by atoms with Gasteiger partial charge in [-0.1, -0.05) is 31.2 Å². The molecular formula is C24H30N2O5S. The fourth-order valence-electron chi connectivity index (χ4n) is 3.75. The number of esters is 1. The molecule has 8 heteroatoms. The number of nitrogens with zero attached hydrogens (tertiary/aromatic N) is 1. The van der Waals surface area contributed by atoms with E-state index in [0.717, 1.165) is 23.1 Å². The van der Waals surface area contributed by atoms with E-state index in [1.165, 1.54) is 4.31 Å². The number of sulfonamides is 1. The van der Waals surface area contributed by atoms with Crippen LogP contribution in [0, 0.1) is 19.8 Å². The van der Waals surface area contributed by atoms with Crippen LogP contribution in [0.3, 0.4) is 0 Å². The quantitative estimate of drug-likeness (QED) is 0.642. The summed E-state index contributed by atoms with van der Waals surface area (Å²) < 4.78 is 32.5. The summed E-state index contributed by atoms with van der Waals surface area (Å²) in [5, 5.41) is 2.77. The van der Waals surface area contributed by atoms with Crippen LogP contribution in [-0.4, -0.2) is 44.3 Å². The largest absolute Gasteiger partial charge is 0.455 e. The minimum atomic E-state index is -3.60. The van der Waals surface area contributed by atoms with Gasteiger partial charge in [0.2, 0.25) is 10.0 Å². The Bertz CT molecular complexity index is 1090. The first kappa shape index (κ1) is 23.9. The van der Waals surface area contributed by atoms with Crippen molar-refractivity contribution in [3.8, 4) is 0 Å². The molecule has 0 unspecified atom stereocenters. The highest BCUT2D eigenvalue weighted by molar-refractivity contribution is 7.89. The molecule has 7 nitrogen and oxygen atoms in total. The number of carbonyl (C=O) groups excluding carboxylic acids is 2. The molecule has 1 aliphatic heterocycles. The molecule has 0 aromatic heterocycles. The molecule has 1 aliphatic rings. The normalized spacial score (nSPS) is 15.3. The van der Waals surface area contributed by atoms with Gasteiger partial charge < -0.3 is 10.1 Å². The number of aryl methyl sites for hydroxylation is 3. The highest BCUT2D eigenvalue weighted by Gasteiger charge is 2.33. The summed E-state index contributed by atoms with van der Waals surface area (Å²) in [5.74, 6) is -1.28. The van der Waals surface area contributed by atoms with Gasteiger partial charge in [-0.3, -0.25) is 9.59 Å². The summed E-state index contributed by atoms with van der Waals surface area (Å²) in [6.45, 7) is 5.94. The van der Waals surface area contributed by atoms with Gasteiger partial charge in [0.25, 0.3) is 5.91 Å². The molecular weight excluding hydrogens is 428 g/mol. The second-order valence-electron chi connectivity index (χ2n) is 8.09. The third-order valence-electron chi connectivity index (χ3n) is 5.92. The first-order chi connectivity index (χ1) is 15.2. The van der Waals surface area contributed by atoms with E-state index >= 15 is 0 Å². The third-order valence-corrected chi connectivity index (χ3v) is 7.82. The third kappa shape index (κ3) is 5.55. The molecule has 0 aliphatic carbocycles. The molecule has 1 N–H and O–H groups in total. The summed E-state index contributed by atoms with van der Waals surface area (Å²) in [6, 6.07) is 12.6. The van der Waals surface area contributed by atoms with Gasteiger partial charge in [-0.25, -0.2) is 8.42 Å². The molecule has 3 rings (SSSR count). The zero-order valence-electron chi connectivity index (χ0n) is 18.8. The summed E-state index contributed by atoms with van der Waals surface area (Å²) in [7, 11) is -3.60. The number of piperidine rings is 1. The van der Waals surface area contributed by atoms with Crippen LogP contribution in [0.25, 0.3) is 0 Å². The molecule has 1 fully saturated rings. The number of carbonyl (C=O) groups is 2. The first-order valence-electron chi connectivity index (χ1n) is 10.8. The van der Waals surface area contributed by atoms with Crippen molar-refractivity contribution in [3.05, 3.63) is 59.2 Å². The van der Waals surface area contributed by atoms with Crippen molar-refractivity contribution < 1.29 is 22.7 Å². The van der Waals surface area contributed by atoms with Gasteiger partial charge in [0.15, 0.2) is 6.61 Å². The van der Waals surface area contributed by atoms with Crippen LogP contribution >= 0.6 is 0 Å². The molecule has 0 atom stereocenters. The van der Waals surface area contributed by atoms with Crippen molar-refractivity contribution in [2.45, 2.75) is 44.9 Å². The average Bonchev–Trinajstić information content (AvgIpc) is 2.79. The average molecular weight is 459 g/mol. The Kier molecular flexibility index (Phi) is 7.69. The molecule has 32 heavy (non-hydrogen) atoms. The van der Waals surface area contributed by atoms with E-state index in [0.29, 0.717) is 18.5 Å². The molecule has 0 radical (unpaired) electrons. The van der Waals surface area contributed by atoms with Crippen molar-refractivity contribution in [1.82, 2.24) is 4.31 Å². The van der Waals surface area contributed by atoms with Crippen molar-refractivity contribution >= 4 is 27.6 Å². The SMILES string of the molecule is CCc1ccccc1NC(=O)COC(=O)C1CCN(S(=O)(=O)c2ccc(C)c(C)c2)CC1. The summed E-state index contributed by atoms with van der Waals surface area (Å²) in [6.07, 6.45) is 1.51. The molecule has 2 aromatic carbocycles. The second kappa shape index (κ2) is 10.3. The van der Waals surface area contributed by atoms with Gasteiger partial charge in [0.05, 0.1) is 10.8 Å². The fraction of sp³-hybridized carbons (Fsp3) is 0.417. The Morgan fingerprint density at radius 1 is 1.06 bits per heavy atom. The Morgan fingerprint density at radius 3 is 2.41 bits per heavy atom. The molecule has 1 heterocycles. The summed E-state index contributed by atoms with van der Waals surface area (Å²) in [5.41, 5.74) is 3.67. The molecule has 1 saturated heterocycles. The van der Waals surface area contributed by atoms with Gasteiger partial charge in [-0.05, 0) is 68.0 Å². The van der Waals surface area contributed by atoms with Crippen LogP contribution in [0.4, 0.5) is 5.69 Å². The van der Waals surface area contributed by atoms with Crippen molar-refractivity contribution in [2.24, 2.45) is 5.92 Å². The van der Waals surface area contributed by atoms with Crippen LogP contribution in [0.1, 0.15) is 36.5 Å². The van der Waals surface area contributed by atoms with Gasteiger partial charge in [-0.2, -0.15) is 4.31 Å². The van der Waals surface area contributed by atoms with Crippen LogP contribution in [0.2, 0.25) is 0 Å². The Morgan fingerprint density at radius 2 is 1.75 bits per heavy atom. The minimum absolute atomic E-state index is 0.241. The number of para-hydroxylation sites is 1. The summed E-state index contributed by atoms with van der Waals surface area (Å²) in [4.78, 5) is 24.9. The molecule has 0 spiro atoms. The first-order valence-corrected chi connectivity index (χ1v) is 12.3. The highest BCUT2D eigenvalue weighted by atomic mass is 32.2. The number of benzene rings is 2. The van der Waals surface area contributed by atoms with Crippen LogP contribution < -0.4 is 5.32 Å². The van der Waals surface area contributed by atoms with E-state index in [4.69, 9.17) is 4.74 Å². The second-order valence-corrected chi connectivity index (χ2v) is 10.0. The van der Waals surface area contributed by atoms with E-state index in [1.54, 1.807) is 18.2 Å². The molecule has 1 amide bonds. The summed E-state index contributed by atoms with van der Waals surface area (Å²) >= 11 is 0. The zero-order valence-corrected chi connectivity index (χ0v) is 19.6. The number of ether oxygens (including phenoxy) is 1. The number of hydrogen-bond acceptors (Lipinski definition) is 5. The maximum Gasteiger partial charge on any atom is 0.309 e. The van der Waals surface area contributed by atoms with Crippen molar-refractivity contribution in [1.29, 1.82) is 0 Å². The topological polar surface area (TPSA) is 92.8 Å². The predicted octanol–water partition coefficient (Wildman–Crippen LogP) is 3.45. The van der Waals surface area contributed by atoms with E-state index in [-0.39, 0.29) is 24.6 Å². The number of rotatable bonds is 7. The van der Waals surface area contributed by atoms with Crippen LogP contribution in [0.5, 0.6) is 0 Å². The van der Waals surface area contributed by atoms with Gasteiger partial charge in [0, 0.05) is 18.8 Å². The molecule has 0 saturated carbocycles. The number of hydrogen-bond donors (Lipinski definition) is 1. The Hall–Kier alpha value is -2.71. The Balaban J connectivity index is 1.51. The number of amides is 1. The lowest BCUT2D eigenvalue weighted by molar-refractivity contribution is -0.152. The number of nitrogens with one attached hydrogen (secondary N) is 1. The van der Waals surface area contributed by atoms with Crippen molar-refractivity contribution in [3.63, 3.8) is 0 Å². The van der Waals surface area contributed by atoms with Crippen LogP contribution in [0.15, 0.2) is 47.4 Å². The van der Waals surface area contributed by atoms with Gasteiger partial charge in [-0.15, -0.1) is 0 Å². The van der Waals surface area contributed by atoms with Gasteiger partial charge >= 0.3 is 5.97 Å². The maximum absolute atomic E-state index is 12.9. The smallest absolute Gasteiger partial charge is 0.309 e. The van der Waals surface area contributed by atoms with Crippen molar-refractivity contribution in [2.75, 3.05) is 25.0 Å². The fourth-order valence-corrected chi connectivity index (χ4v) is 5.30. The predicted molar refractivity (Wildman–Crippen MR) is 123 cm³/mol. The van der Waals surface area contributed by atoms with E-state index in [9.17, 15) is 18.0 Å². The molecule has 0 bridgehead atoms. The molecule has 2 aromatic rings. The minimum Gasteiger partial charge on any atom is -0.455 e. The van der Waals surface area contributed by atoms with E-state index < -0.39 is 27.8 Å². The van der Waals surface area contributed by atoms with E-state index in [2.05, 4.69) is 5.32 Å². The zero-order chi connectivity index (χ0) is 23.3. The standard InChI is InChI=1S/C24H30N2O5S/c1-4-19-7-5-6-8-22(19)25-23(27)16-31-24(28)20-11-13-26(14-12-20)32(29,30)21-10-9-17(2)18(3)15-21/h5-10,15,20H,4,11-14,16H2,1-3H3,(H,25,27). The lowest BCUT2D eigenvalue weighted by atomic mass is 9.98. The highest BCUT2D eigenvalue weighted by Crippen LogP contribution is 2.26. The Labute approximate surface area is 189 Å².